The summed E-state index contributed by atoms with van der Waals surface area (Å²) in [5.41, 5.74) is 0.954. The van der Waals surface area contributed by atoms with Gasteiger partial charge in [-0.1, -0.05) is 22.8 Å². The molecule has 0 radical (unpaired) electrons. The molecule has 0 saturated heterocycles. The molecular formula is C20H22ClN5O4. The number of aromatic nitrogens is 5. The van der Waals surface area contributed by atoms with Gasteiger partial charge in [0.2, 0.25) is 5.82 Å². The van der Waals surface area contributed by atoms with Crippen LogP contribution < -0.4 is 5.56 Å². The summed E-state index contributed by atoms with van der Waals surface area (Å²) in [7, 11) is 3.15. The van der Waals surface area contributed by atoms with E-state index in [2.05, 4.69) is 15.1 Å². The van der Waals surface area contributed by atoms with Crippen molar-refractivity contribution in [3.63, 3.8) is 0 Å². The van der Waals surface area contributed by atoms with E-state index in [1.54, 1.807) is 35.6 Å². The summed E-state index contributed by atoms with van der Waals surface area (Å²) in [6, 6.07) is 5.20. The lowest BCUT2D eigenvalue weighted by Gasteiger charge is -2.19. The van der Waals surface area contributed by atoms with Gasteiger partial charge in [0.25, 0.3) is 11.4 Å². The number of nitrogens with zero attached hydrogens (tertiary/aromatic N) is 5. The summed E-state index contributed by atoms with van der Waals surface area (Å²) < 4.78 is 19.4. The Labute approximate surface area is 177 Å². The van der Waals surface area contributed by atoms with Gasteiger partial charge in [0.1, 0.15) is 23.1 Å². The quantitative estimate of drug-likeness (QED) is 0.461. The fourth-order valence-corrected chi connectivity index (χ4v) is 3.70. The van der Waals surface area contributed by atoms with Crippen molar-refractivity contribution in [2.24, 2.45) is 0 Å². The van der Waals surface area contributed by atoms with E-state index in [-0.39, 0.29) is 23.3 Å². The fraction of sp³-hybridized carbons (Fsp3) is 0.400. The molecule has 0 aliphatic rings. The number of benzene rings is 1. The zero-order chi connectivity index (χ0) is 21.6. The minimum Gasteiger partial charge on any atom is -0.383 e. The Bertz CT molecular complexity index is 1290. The van der Waals surface area contributed by atoms with E-state index in [0.29, 0.717) is 28.4 Å². The summed E-state index contributed by atoms with van der Waals surface area (Å²) in [5, 5.41) is 4.50. The van der Waals surface area contributed by atoms with Crippen LogP contribution in [-0.2, 0) is 15.1 Å². The average Bonchev–Trinajstić information content (AvgIpc) is 3.37. The molecule has 9 nitrogen and oxygen atoms in total. The van der Waals surface area contributed by atoms with Gasteiger partial charge >= 0.3 is 0 Å². The highest BCUT2D eigenvalue weighted by molar-refractivity contribution is 6.35. The monoisotopic (exact) mass is 431 g/mol. The Hall–Kier alpha value is -2.75. The first-order chi connectivity index (χ1) is 14.3. The van der Waals surface area contributed by atoms with Gasteiger partial charge in [-0.15, -0.1) is 0 Å². The molecule has 0 aliphatic heterocycles. The van der Waals surface area contributed by atoms with Crippen LogP contribution in [0.4, 0.5) is 0 Å². The van der Waals surface area contributed by atoms with Crippen LogP contribution in [0.2, 0.25) is 5.02 Å². The van der Waals surface area contributed by atoms with E-state index >= 15 is 0 Å². The summed E-state index contributed by atoms with van der Waals surface area (Å²) in [4.78, 5) is 22.4. The molecule has 0 fully saturated rings. The summed E-state index contributed by atoms with van der Waals surface area (Å²) in [5.74, 6) is 0.500. The number of imidazole rings is 1. The highest BCUT2D eigenvalue weighted by Crippen LogP contribution is 2.29. The number of hydrogen-bond acceptors (Lipinski definition) is 7. The van der Waals surface area contributed by atoms with Crippen molar-refractivity contribution in [2.45, 2.75) is 32.4 Å². The molecule has 10 heteroatoms. The second-order valence-electron chi connectivity index (χ2n) is 7.54. The largest absolute Gasteiger partial charge is 0.383 e. The molecule has 1 atom stereocenters. The maximum absolute atomic E-state index is 13.6. The maximum atomic E-state index is 13.6. The van der Waals surface area contributed by atoms with Crippen molar-refractivity contribution in [1.82, 2.24) is 24.1 Å². The van der Waals surface area contributed by atoms with Crippen LogP contribution in [0.1, 0.15) is 32.7 Å². The zero-order valence-electron chi connectivity index (χ0n) is 17.3. The topological polar surface area (TPSA) is 96.7 Å². The Morgan fingerprint density at radius 3 is 2.73 bits per heavy atom. The molecule has 158 valence electrons. The maximum Gasteiger partial charge on any atom is 0.278 e. The molecule has 0 amide bonds. The van der Waals surface area contributed by atoms with Crippen LogP contribution in [0.3, 0.4) is 0 Å². The summed E-state index contributed by atoms with van der Waals surface area (Å²) >= 11 is 6.48. The van der Waals surface area contributed by atoms with E-state index in [4.69, 9.17) is 25.6 Å². The first kappa shape index (κ1) is 20.5. The minimum atomic E-state index is -0.770. The first-order valence-electron chi connectivity index (χ1n) is 9.38. The summed E-state index contributed by atoms with van der Waals surface area (Å²) in [6.07, 6.45) is 1.56. The van der Waals surface area contributed by atoms with E-state index in [0.717, 1.165) is 5.52 Å². The minimum absolute atomic E-state index is 0.210. The molecule has 0 bridgehead atoms. The van der Waals surface area contributed by atoms with Gasteiger partial charge in [0, 0.05) is 14.2 Å². The highest BCUT2D eigenvalue weighted by Gasteiger charge is 2.29. The van der Waals surface area contributed by atoms with Crippen LogP contribution in [0.5, 0.6) is 0 Å². The molecule has 0 spiro atoms. The van der Waals surface area contributed by atoms with Gasteiger partial charge in [-0.05, 0) is 32.9 Å². The third kappa shape index (κ3) is 3.10. The Morgan fingerprint density at radius 2 is 2.03 bits per heavy atom. The van der Waals surface area contributed by atoms with Gasteiger partial charge in [0.15, 0.2) is 0 Å². The van der Waals surface area contributed by atoms with Crippen LogP contribution in [0, 0.1) is 0 Å². The lowest BCUT2D eigenvalue weighted by molar-refractivity contribution is -0.00786. The van der Waals surface area contributed by atoms with Crippen molar-refractivity contribution in [2.75, 3.05) is 20.8 Å². The number of halogens is 1. The van der Waals surface area contributed by atoms with Gasteiger partial charge < -0.3 is 14.0 Å². The Kier molecular flexibility index (Phi) is 5.13. The van der Waals surface area contributed by atoms with Crippen LogP contribution >= 0.6 is 11.6 Å². The smallest absolute Gasteiger partial charge is 0.278 e. The highest BCUT2D eigenvalue weighted by atomic mass is 35.5. The Balaban J connectivity index is 2.04. The number of rotatable bonds is 6. The molecule has 30 heavy (non-hydrogen) atoms. The number of methoxy groups -OCH3 is 2. The average molecular weight is 432 g/mol. The molecule has 1 unspecified atom stereocenters. The van der Waals surface area contributed by atoms with Crippen molar-refractivity contribution in [1.29, 1.82) is 0 Å². The van der Waals surface area contributed by atoms with Crippen molar-refractivity contribution in [3.05, 3.63) is 45.8 Å². The van der Waals surface area contributed by atoms with Crippen molar-refractivity contribution >= 4 is 28.2 Å². The number of ether oxygens (including phenoxy) is 2. The van der Waals surface area contributed by atoms with E-state index < -0.39 is 5.60 Å². The lowest BCUT2D eigenvalue weighted by Crippen LogP contribution is -2.28. The molecule has 3 aromatic heterocycles. The standard InChI is InChI=1S/C20H22ClN5O4/c1-11(9-28-4)26-15-12(21)7-6-8-13(15)25-10-22-14(16(25)18(26)27)17-23-19(30-24-17)20(2,3)29-5/h6-8,10-11H,9H2,1-5H3. The molecule has 3 heterocycles. The number of para-hydroxylation sites is 1. The molecule has 0 saturated carbocycles. The molecule has 0 aliphatic carbocycles. The molecule has 4 rings (SSSR count). The molecule has 0 N–H and O–H groups in total. The van der Waals surface area contributed by atoms with Crippen LogP contribution in [-0.4, -0.2) is 44.9 Å². The molecule has 1 aromatic carbocycles. The normalized spacial score (nSPS) is 13.4. The second kappa shape index (κ2) is 7.50. The van der Waals surface area contributed by atoms with E-state index in [1.165, 1.54) is 0 Å². The number of hydrogen-bond donors (Lipinski definition) is 0. The van der Waals surface area contributed by atoms with Crippen molar-refractivity contribution < 1.29 is 14.0 Å². The Morgan fingerprint density at radius 1 is 1.27 bits per heavy atom. The lowest BCUT2D eigenvalue weighted by atomic mass is 10.1. The van der Waals surface area contributed by atoms with Crippen LogP contribution in [0.15, 0.2) is 33.8 Å². The third-order valence-corrected chi connectivity index (χ3v) is 5.47. The third-order valence-electron chi connectivity index (χ3n) is 5.17. The summed E-state index contributed by atoms with van der Waals surface area (Å²) in [6.45, 7) is 5.86. The van der Waals surface area contributed by atoms with E-state index in [1.807, 2.05) is 32.9 Å². The zero-order valence-corrected chi connectivity index (χ0v) is 18.1. The second-order valence-corrected chi connectivity index (χ2v) is 7.94. The predicted molar refractivity (Wildman–Crippen MR) is 112 cm³/mol. The SMILES string of the molecule is COCC(C)n1c(=O)c2c(-c3noc(C(C)(C)OC)n3)ncn2c2cccc(Cl)c21. The van der Waals surface area contributed by atoms with Gasteiger partial charge in [-0.25, -0.2) is 4.98 Å². The van der Waals surface area contributed by atoms with Gasteiger partial charge in [-0.2, -0.15) is 4.98 Å². The predicted octanol–water partition coefficient (Wildman–Crippen LogP) is 3.44. The number of fused-ring (bicyclic) bond motifs is 3. The van der Waals surface area contributed by atoms with Crippen LogP contribution in [0.25, 0.3) is 28.1 Å². The van der Waals surface area contributed by atoms with Gasteiger partial charge in [0.05, 0.1) is 28.7 Å². The molecule has 4 aromatic rings. The fourth-order valence-electron chi connectivity index (χ4n) is 3.44. The first-order valence-corrected chi connectivity index (χ1v) is 9.76. The van der Waals surface area contributed by atoms with Gasteiger partial charge in [-0.3, -0.25) is 13.8 Å². The molecular weight excluding hydrogens is 410 g/mol. The van der Waals surface area contributed by atoms with Crippen molar-refractivity contribution in [3.8, 4) is 11.5 Å². The van der Waals surface area contributed by atoms with E-state index in [9.17, 15) is 4.79 Å².